The number of thioether (sulfide) groups is 1. The number of benzene rings is 1. The van der Waals surface area contributed by atoms with E-state index in [4.69, 9.17) is 16.0 Å². The Morgan fingerprint density at radius 3 is 2.93 bits per heavy atom. The Morgan fingerprint density at radius 2 is 2.21 bits per heavy atom. The summed E-state index contributed by atoms with van der Waals surface area (Å²) < 4.78 is 6.92. The number of rotatable bonds is 8. The normalized spacial score (nSPS) is 12.2. The Morgan fingerprint density at radius 1 is 1.39 bits per heavy atom. The van der Waals surface area contributed by atoms with Crippen molar-refractivity contribution in [1.82, 2.24) is 14.9 Å². The number of fused-ring (bicyclic) bond motifs is 1. The van der Waals surface area contributed by atoms with Gasteiger partial charge in [-0.1, -0.05) is 36.7 Å². The maximum atomic E-state index is 13.0. The largest absolute Gasteiger partial charge is 0.467 e. The number of nitrogens with zero attached hydrogens (tertiary/aromatic N) is 2. The molecule has 2 aromatic heterocycles. The highest BCUT2D eigenvalue weighted by Crippen LogP contribution is 2.21. The molecule has 0 radical (unpaired) electrons. The van der Waals surface area contributed by atoms with Crippen molar-refractivity contribution in [2.24, 2.45) is 0 Å². The van der Waals surface area contributed by atoms with E-state index in [0.29, 0.717) is 26.8 Å². The minimum atomic E-state index is -0.194. The number of hydrogen-bond donors (Lipinski definition) is 1. The summed E-state index contributed by atoms with van der Waals surface area (Å²) in [6.45, 7) is 4.30. The van der Waals surface area contributed by atoms with Gasteiger partial charge in [0.25, 0.3) is 5.56 Å². The first-order valence-corrected chi connectivity index (χ1v) is 10.5. The van der Waals surface area contributed by atoms with E-state index < -0.39 is 0 Å². The molecule has 2 heterocycles. The van der Waals surface area contributed by atoms with E-state index in [1.54, 1.807) is 36.6 Å². The van der Waals surface area contributed by atoms with Gasteiger partial charge < -0.3 is 9.73 Å². The minimum Gasteiger partial charge on any atom is -0.467 e. The molecule has 3 rings (SSSR count). The minimum absolute atomic E-state index is 0.0871. The Bertz CT molecular complexity index is 1020. The molecule has 0 aliphatic heterocycles. The first-order valence-electron chi connectivity index (χ1n) is 9.12. The summed E-state index contributed by atoms with van der Waals surface area (Å²) in [4.78, 5) is 29.8. The van der Waals surface area contributed by atoms with Gasteiger partial charge in [0.15, 0.2) is 5.16 Å². The monoisotopic (exact) mass is 419 g/mol. The van der Waals surface area contributed by atoms with E-state index in [1.807, 2.05) is 6.92 Å². The number of furan rings is 1. The number of carbonyl (C=O) groups is 1. The average molecular weight is 420 g/mol. The van der Waals surface area contributed by atoms with Crippen LogP contribution >= 0.6 is 23.4 Å². The number of hydrogen-bond acceptors (Lipinski definition) is 5. The van der Waals surface area contributed by atoms with Gasteiger partial charge in [-0.3, -0.25) is 14.2 Å². The quantitative estimate of drug-likeness (QED) is 0.439. The summed E-state index contributed by atoms with van der Waals surface area (Å²) in [7, 11) is 0. The highest BCUT2D eigenvalue weighted by atomic mass is 35.5. The molecule has 1 unspecified atom stereocenters. The summed E-state index contributed by atoms with van der Waals surface area (Å²) in [6.07, 6.45) is 3.49. The first kappa shape index (κ1) is 20.5. The van der Waals surface area contributed by atoms with Gasteiger partial charge in [0.05, 0.1) is 29.5 Å². The molecule has 0 bridgehead atoms. The van der Waals surface area contributed by atoms with Gasteiger partial charge in [-0.15, -0.1) is 0 Å². The molecule has 8 heteroatoms. The summed E-state index contributed by atoms with van der Waals surface area (Å²) in [6, 6.07) is 8.67. The topological polar surface area (TPSA) is 77.1 Å². The number of halogens is 1. The Balaban J connectivity index is 1.90. The molecular formula is C20H22ClN3O3S. The van der Waals surface area contributed by atoms with Crippen molar-refractivity contribution in [3.63, 3.8) is 0 Å². The second kappa shape index (κ2) is 9.30. The second-order valence-electron chi connectivity index (χ2n) is 6.57. The Labute approximate surface area is 172 Å². The van der Waals surface area contributed by atoms with Crippen molar-refractivity contribution in [3.8, 4) is 0 Å². The highest BCUT2D eigenvalue weighted by Gasteiger charge is 2.15. The van der Waals surface area contributed by atoms with Crippen LogP contribution in [0, 0.1) is 0 Å². The van der Waals surface area contributed by atoms with Gasteiger partial charge in [0.1, 0.15) is 5.76 Å². The molecule has 6 nitrogen and oxygen atoms in total. The van der Waals surface area contributed by atoms with Gasteiger partial charge in [-0.25, -0.2) is 4.98 Å². The second-order valence-corrected chi connectivity index (χ2v) is 7.95. The van der Waals surface area contributed by atoms with Crippen molar-refractivity contribution >= 4 is 40.2 Å². The number of aromatic nitrogens is 2. The van der Waals surface area contributed by atoms with Gasteiger partial charge >= 0.3 is 0 Å². The van der Waals surface area contributed by atoms with Crippen LogP contribution in [0.3, 0.4) is 0 Å². The maximum absolute atomic E-state index is 13.0. The molecular weight excluding hydrogens is 398 g/mol. The van der Waals surface area contributed by atoms with Crippen molar-refractivity contribution < 1.29 is 9.21 Å². The molecule has 1 atom stereocenters. The van der Waals surface area contributed by atoms with Gasteiger partial charge in [-0.2, -0.15) is 0 Å². The van der Waals surface area contributed by atoms with E-state index in [0.717, 1.165) is 12.8 Å². The lowest BCUT2D eigenvalue weighted by atomic mass is 10.2. The first-order chi connectivity index (χ1) is 13.5. The third-order valence-electron chi connectivity index (χ3n) is 4.24. The molecule has 0 spiro atoms. The lowest BCUT2D eigenvalue weighted by Crippen LogP contribution is -2.34. The van der Waals surface area contributed by atoms with Crippen LogP contribution < -0.4 is 10.9 Å². The standard InChI is InChI=1S/C20H22ClN3O3S/c1-3-5-13(2)22-18(25)12-28-20-23-17-10-14(21)7-8-16(17)19(26)24(20)11-15-6-4-9-27-15/h4,6-10,13H,3,5,11-12H2,1-2H3,(H,22,25). The Hall–Kier alpha value is -2.25. The molecule has 0 aliphatic rings. The van der Waals surface area contributed by atoms with Crippen LogP contribution in [0.5, 0.6) is 0 Å². The fraction of sp³-hybridized carbons (Fsp3) is 0.350. The summed E-state index contributed by atoms with van der Waals surface area (Å²) in [5.74, 6) is 0.723. The summed E-state index contributed by atoms with van der Waals surface area (Å²) >= 11 is 7.28. The smallest absolute Gasteiger partial charge is 0.262 e. The van der Waals surface area contributed by atoms with Crippen molar-refractivity contribution in [2.45, 2.75) is 44.4 Å². The lowest BCUT2D eigenvalue weighted by Gasteiger charge is -2.14. The van der Waals surface area contributed by atoms with Crippen LogP contribution in [0.25, 0.3) is 10.9 Å². The fourth-order valence-corrected chi connectivity index (χ4v) is 3.91. The third kappa shape index (κ3) is 4.97. The average Bonchev–Trinajstić information content (AvgIpc) is 3.16. The predicted molar refractivity (Wildman–Crippen MR) is 112 cm³/mol. The molecule has 0 fully saturated rings. The number of nitrogens with one attached hydrogen (secondary N) is 1. The summed E-state index contributed by atoms with van der Waals surface area (Å²) in [5, 5.41) is 4.39. The molecule has 0 saturated carbocycles. The molecule has 1 aromatic carbocycles. The van der Waals surface area contributed by atoms with Gasteiger partial charge in [-0.05, 0) is 43.7 Å². The molecule has 28 heavy (non-hydrogen) atoms. The molecule has 0 aliphatic carbocycles. The zero-order valence-corrected chi connectivity index (χ0v) is 17.3. The number of carbonyl (C=O) groups excluding carboxylic acids is 1. The third-order valence-corrected chi connectivity index (χ3v) is 5.45. The van der Waals surface area contributed by atoms with E-state index >= 15 is 0 Å². The van der Waals surface area contributed by atoms with Gasteiger partial charge in [0.2, 0.25) is 5.91 Å². The van der Waals surface area contributed by atoms with E-state index in [-0.39, 0.29) is 29.8 Å². The Kier molecular flexibility index (Phi) is 6.80. The number of amides is 1. The fourth-order valence-electron chi connectivity index (χ4n) is 2.93. The summed E-state index contributed by atoms with van der Waals surface area (Å²) in [5.41, 5.74) is 0.316. The molecule has 148 valence electrons. The molecule has 1 amide bonds. The zero-order valence-electron chi connectivity index (χ0n) is 15.8. The predicted octanol–water partition coefficient (Wildman–Crippen LogP) is 4.09. The van der Waals surface area contributed by atoms with Crippen LogP contribution in [0.4, 0.5) is 0 Å². The SMILES string of the molecule is CCCC(C)NC(=O)CSc1nc2cc(Cl)ccc2c(=O)n1Cc1ccco1. The van der Waals surface area contributed by atoms with Crippen LogP contribution in [0.2, 0.25) is 5.02 Å². The van der Waals surface area contributed by atoms with E-state index in [9.17, 15) is 9.59 Å². The van der Waals surface area contributed by atoms with Crippen LogP contribution in [0.1, 0.15) is 32.4 Å². The molecule has 3 aromatic rings. The van der Waals surface area contributed by atoms with Crippen molar-refractivity contribution in [3.05, 3.63) is 57.7 Å². The van der Waals surface area contributed by atoms with Gasteiger partial charge in [0, 0.05) is 11.1 Å². The van der Waals surface area contributed by atoms with E-state index in [1.165, 1.54) is 16.3 Å². The molecule has 0 saturated heterocycles. The highest BCUT2D eigenvalue weighted by molar-refractivity contribution is 7.99. The van der Waals surface area contributed by atoms with Crippen LogP contribution in [-0.4, -0.2) is 27.3 Å². The van der Waals surface area contributed by atoms with E-state index in [2.05, 4.69) is 17.2 Å². The maximum Gasteiger partial charge on any atom is 0.262 e. The lowest BCUT2D eigenvalue weighted by molar-refractivity contribution is -0.119. The van der Waals surface area contributed by atoms with Crippen LogP contribution in [-0.2, 0) is 11.3 Å². The van der Waals surface area contributed by atoms with Crippen molar-refractivity contribution in [2.75, 3.05) is 5.75 Å². The molecule has 1 N–H and O–H groups in total. The van der Waals surface area contributed by atoms with Crippen LogP contribution in [0.15, 0.2) is 51.0 Å². The zero-order chi connectivity index (χ0) is 20.1. The van der Waals surface area contributed by atoms with Crippen molar-refractivity contribution in [1.29, 1.82) is 0 Å².